The van der Waals surface area contributed by atoms with Gasteiger partial charge in [0, 0.05) is 17.7 Å². The Balaban J connectivity index is 1.59. The molecule has 1 heterocycles. The fourth-order valence-electron chi connectivity index (χ4n) is 2.61. The Morgan fingerprint density at radius 2 is 2.07 bits per heavy atom. The molecule has 0 aliphatic heterocycles. The van der Waals surface area contributed by atoms with Crippen LogP contribution in [0.3, 0.4) is 0 Å². The standard InChI is InChI=1S/C21H18ClN3O5/c1-13-4-3-5-19(14(13)2)29-12-21(26)24-23-11-16-7-9-20(30-16)17-10-15(25(27)28)6-8-18(17)22/h3-11H,12H2,1-2H3,(H,24,26). The Hall–Kier alpha value is -3.65. The van der Waals surface area contributed by atoms with Crippen molar-refractivity contribution in [2.24, 2.45) is 5.10 Å². The number of hydrogen-bond donors (Lipinski definition) is 1. The fraction of sp³-hybridized carbons (Fsp3) is 0.143. The van der Waals surface area contributed by atoms with Crippen LogP contribution >= 0.6 is 11.6 Å². The smallest absolute Gasteiger partial charge is 0.277 e. The molecule has 0 aliphatic carbocycles. The van der Waals surface area contributed by atoms with Crippen molar-refractivity contribution in [2.45, 2.75) is 13.8 Å². The molecule has 0 radical (unpaired) electrons. The predicted octanol–water partition coefficient (Wildman–Crippen LogP) is 4.65. The van der Waals surface area contributed by atoms with Crippen LogP contribution in [-0.2, 0) is 4.79 Å². The molecule has 0 atom stereocenters. The van der Waals surface area contributed by atoms with Gasteiger partial charge in [0.25, 0.3) is 11.6 Å². The third kappa shape index (κ3) is 5.03. The second-order valence-electron chi connectivity index (χ2n) is 6.40. The van der Waals surface area contributed by atoms with E-state index in [0.717, 1.165) is 11.1 Å². The van der Waals surface area contributed by atoms with E-state index in [1.807, 2.05) is 26.0 Å². The van der Waals surface area contributed by atoms with Gasteiger partial charge in [-0.25, -0.2) is 5.43 Å². The number of amides is 1. The van der Waals surface area contributed by atoms with Crippen LogP contribution in [0.15, 0.2) is 58.0 Å². The number of carbonyl (C=O) groups is 1. The zero-order valence-electron chi connectivity index (χ0n) is 16.2. The summed E-state index contributed by atoms with van der Waals surface area (Å²) in [6, 6.07) is 12.9. The molecule has 3 aromatic rings. The first-order valence-corrected chi connectivity index (χ1v) is 9.28. The number of non-ortho nitro benzene ring substituents is 1. The van der Waals surface area contributed by atoms with Crippen molar-refractivity contribution in [3.63, 3.8) is 0 Å². The van der Waals surface area contributed by atoms with Crippen molar-refractivity contribution in [1.82, 2.24) is 5.43 Å². The monoisotopic (exact) mass is 427 g/mol. The molecular formula is C21H18ClN3O5. The minimum Gasteiger partial charge on any atom is -0.483 e. The highest BCUT2D eigenvalue weighted by atomic mass is 35.5. The van der Waals surface area contributed by atoms with E-state index in [4.69, 9.17) is 20.8 Å². The van der Waals surface area contributed by atoms with Crippen molar-refractivity contribution < 1.29 is 18.9 Å². The second-order valence-corrected chi connectivity index (χ2v) is 6.81. The van der Waals surface area contributed by atoms with Gasteiger partial charge in [-0.2, -0.15) is 5.10 Å². The summed E-state index contributed by atoms with van der Waals surface area (Å²) in [7, 11) is 0. The summed E-state index contributed by atoms with van der Waals surface area (Å²) < 4.78 is 11.1. The van der Waals surface area contributed by atoms with Crippen molar-refractivity contribution in [1.29, 1.82) is 0 Å². The summed E-state index contributed by atoms with van der Waals surface area (Å²) in [6.45, 7) is 3.70. The Labute approximate surface area is 177 Å². The molecule has 0 fully saturated rings. The summed E-state index contributed by atoms with van der Waals surface area (Å²) >= 11 is 6.11. The van der Waals surface area contributed by atoms with Gasteiger partial charge in [-0.3, -0.25) is 14.9 Å². The van der Waals surface area contributed by atoms with Crippen LogP contribution in [0.5, 0.6) is 5.75 Å². The maximum absolute atomic E-state index is 11.9. The second kappa shape index (κ2) is 9.23. The average molecular weight is 428 g/mol. The Morgan fingerprint density at radius 1 is 1.27 bits per heavy atom. The van der Waals surface area contributed by atoms with E-state index < -0.39 is 10.8 Å². The predicted molar refractivity (Wildman–Crippen MR) is 113 cm³/mol. The largest absolute Gasteiger partial charge is 0.483 e. The van der Waals surface area contributed by atoms with E-state index >= 15 is 0 Å². The van der Waals surface area contributed by atoms with Gasteiger partial charge in [0.05, 0.1) is 16.2 Å². The lowest BCUT2D eigenvalue weighted by molar-refractivity contribution is -0.384. The number of furan rings is 1. The fourth-order valence-corrected chi connectivity index (χ4v) is 2.82. The first-order chi connectivity index (χ1) is 14.3. The molecular weight excluding hydrogens is 410 g/mol. The van der Waals surface area contributed by atoms with Crippen LogP contribution in [0.25, 0.3) is 11.3 Å². The summed E-state index contributed by atoms with van der Waals surface area (Å²) in [6.07, 6.45) is 1.31. The van der Waals surface area contributed by atoms with Gasteiger partial charge >= 0.3 is 0 Å². The molecule has 0 bridgehead atoms. The third-order valence-corrected chi connectivity index (χ3v) is 4.68. The number of hydrazone groups is 1. The van der Waals surface area contributed by atoms with E-state index in [2.05, 4.69) is 10.5 Å². The number of aryl methyl sites for hydroxylation is 1. The van der Waals surface area contributed by atoms with Gasteiger partial charge in [0.15, 0.2) is 6.61 Å². The van der Waals surface area contributed by atoms with E-state index in [1.165, 1.54) is 24.4 Å². The molecule has 1 amide bonds. The number of rotatable bonds is 7. The molecule has 1 N–H and O–H groups in total. The van der Waals surface area contributed by atoms with Crippen LogP contribution in [0.2, 0.25) is 5.02 Å². The lowest BCUT2D eigenvalue weighted by Crippen LogP contribution is -2.24. The van der Waals surface area contributed by atoms with Crippen molar-refractivity contribution in [3.05, 3.63) is 80.6 Å². The zero-order valence-corrected chi connectivity index (χ0v) is 17.0. The van der Waals surface area contributed by atoms with Crippen molar-refractivity contribution in [2.75, 3.05) is 6.61 Å². The lowest BCUT2D eigenvalue weighted by Gasteiger charge is -2.09. The molecule has 0 spiro atoms. The summed E-state index contributed by atoms with van der Waals surface area (Å²) in [5.41, 5.74) is 4.68. The maximum atomic E-state index is 11.9. The zero-order chi connectivity index (χ0) is 21.7. The molecule has 154 valence electrons. The van der Waals surface area contributed by atoms with E-state index in [0.29, 0.717) is 27.9 Å². The van der Waals surface area contributed by atoms with Crippen molar-refractivity contribution >= 4 is 29.4 Å². The summed E-state index contributed by atoms with van der Waals surface area (Å²) in [5.74, 6) is 0.886. The molecule has 0 saturated carbocycles. The first kappa shape index (κ1) is 21.1. The van der Waals surface area contributed by atoms with Gasteiger partial charge in [0.1, 0.15) is 17.3 Å². The number of carbonyl (C=O) groups excluding carboxylic acids is 1. The summed E-state index contributed by atoms with van der Waals surface area (Å²) in [5, 5.41) is 15.1. The van der Waals surface area contributed by atoms with Crippen LogP contribution in [0.1, 0.15) is 16.9 Å². The van der Waals surface area contributed by atoms with Crippen molar-refractivity contribution in [3.8, 4) is 17.1 Å². The van der Waals surface area contributed by atoms with Gasteiger partial charge in [0.2, 0.25) is 0 Å². The topological polar surface area (TPSA) is 107 Å². The molecule has 0 unspecified atom stereocenters. The van der Waals surface area contributed by atoms with Crippen LogP contribution in [0, 0.1) is 24.0 Å². The number of benzene rings is 2. The van der Waals surface area contributed by atoms with Gasteiger partial charge < -0.3 is 9.15 Å². The molecule has 30 heavy (non-hydrogen) atoms. The SMILES string of the molecule is Cc1cccc(OCC(=O)NN=Cc2ccc(-c3cc([N+](=O)[O-])ccc3Cl)o2)c1C. The Morgan fingerprint density at radius 3 is 2.83 bits per heavy atom. The van der Waals surface area contributed by atoms with Gasteiger partial charge in [-0.1, -0.05) is 23.7 Å². The van der Waals surface area contributed by atoms with E-state index in [1.54, 1.807) is 18.2 Å². The Bertz CT molecular complexity index is 1120. The number of hydrogen-bond acceptors (Lipinski definition) is 6. The summed E-state index contributed by atoms with van der Waals surface area (Å²) in [4.78, 5) is 22.3. The number of halogens is 1. The first-order valence-electron chi connectivity index (χ1n) is 8.90. The number of nitrogens with one attached hydrogen (secondary N) is 1. The molecule has 3 rings (SSSR count). The third-order valence-electron chi connectivity index (χ3n) is 4.35. The minimum absolute atomic E-state index is 0.0999. The van der Waals surface area contributed by atoms with Crippen LogP contribution in [0.4, 0.5) is 5.69 Å². The number of nitro groups is 1. The van der Waals surface area contributed by atoms with Crippen LogP contribution in [-0.4, -0.2) is 23.7 Å². The highest BCUT2D eigenvalue weighted by molar-refractivity contribution is 6.33. The normalized spacial score (nSPS) is 10.9. The lowest BCUT2D eigenvalue weighted by atomic mass is 10.1. The highest BCUT2D eigenvalue weighted by Crippen LogP contribution is 2.32. The number of ether oxygens (including phenoxy) is 1. The molecule has 0 saturated heterocycles. The van der Waals surface area contributed by atoms with Crippen LogP contribution < -0.4 is 10.2 Å². The average Bonchev–Trinajstić information content (AvgIpc) is 3.18. The quantitative estimate of drug-likeness (QED) is 0.335. The highest BCUT2D eigenvalue weighted by Gasteiger charge is 2.14. The maximum Gasteiger partial charge on any atom is 0.277 e. The van der Waals surface area contributed by atoms with Gasteiger partial charge in [-0.05, 0) is 49.2 Å². The minimum atomic E-state index is -0.513. The molecule has 1 aromatic heterocycles. The number of nitrogens with zero attached hydrogens (tertiary/aromatic N) is 2. The molecule has 9 heteroatoms. The Kier molecular flexibility index (Phi) is 6.48. The molecule has 8 nitrogen and oxygen atoms in total. The van der Waals surface area contributed by atoms with E-state index in [9.17, 15) is 14.9 Å². The van der Waals surface area contributed by atoms with E-state index in [-0.39, 0.29) is 12.3 Å². The molecule has 0 aliphatic rings. The van der Waals surface area contributed by atoms with Gasteiger partial charge in [-0.15, -0.1) is 0 Å². The molecule has 2 aromatic carbocycles. The number of nitro benzene ring substituents is 1.